The molecule has 1 saturated carbocycles. The highest BCUT2D eigenvalue weighted by Gasteiger charge is 2.41. The molecule has 3 atom stereocenters. The van der Waals surface area contributed by atoms with Crippen LogP contribution < -0.4 is 5.32 Å². The van der Waals surface area contributed by atoms with E-state index in [1.807, 2.05) is 47.4 Å². The van der Waals surface area contributed by atoms with E-state index in [1.165, 1.54) is 5.56 Å². The highest BCUT2D eigenvalue weighted by molar-refractivity contribution is 7.89. The molecule has 0 bridgehead atoms. The van der Waals surface area contributed by atoms with Gasteiger partial charge in [0.1, 0.15) is 0 Å². The van der Waals surface area contributed by atoms with Crippen molar-refractivity contribution in [2.24, 2.45) is 5.92 Å². The van der Waals surface area contributed by atoms with E-state index >= 15 is 0 Å². The van der Waals surface area contributed by atoms with E-state index < -0.39 is 10.0 Å². The molecule has 230 valence electrons. The highest BCUT2D eigenvalue weighted by atomic mass is 32.2. The average Bonchev–Trinajstić information content (AvgIpc) is 3.47. The summed E-state index contributed by atoms with van der Waals surface area (Å²) in [4.78, 5) is 18.1. The molecule has 1 N–H and O–H groups in total. The van der Waals surface area contributed by atoms with Gasteiger partial charge in [0.05, 0.1) is 4.90 Å². The Bertz CT molecular complexity index is 1400. The molecule has 3 unspecified atom stereocenters. The molecule has 1 aliphatic heterocycles. The second-order valence-electron chi connectivity index (χ2n) is 12.1. The van der Waals surface area contributed by atoms with Crippen LogP contribution in [0.1, 0.15) is 56.1 Å². The van der Waals surface area contributed by atoms with Gasteiger partial charge in [0.15, 0.2) is 0 Å². The smallest absolute Gasteiger partial charge is 0.317 e. The highest BCUT2D eigenvalue weighted by Crippen LogP contribution is 2.43. The van der Waals surface area contributed by atoms with Gasteiger partial charge in [-0.05, 0) is 67.2 Å². The van der Waals surface area contributed by atoms with Gasteiger partial charge in [0.2, 0.25) is 10.0 Å². The van der Waals surface area contributed by atoms with Crippen molar-refractivity contribution in [3.05, 3.63) is 102 Å². The minimum atomic E-state index is -3.56. The molecule has 3 aromatic rings. The quantitative estimate of drug-likeness (QED) is 0.294. The summed E-state index contributed by atoms with van der Waals surface area (Å²) in [6, 6.07) is 29.6. The van der Waals surface area contributed by atoms with Crippen LogP contribution in [0.15, 0.2) is 95.9 Å². The number of likely N-dealkylation sites (tertiary alicyclic amines) is 1. The lowest BCUT2D eigenvalue weighted by atomic mass is 9.88. The number of carbonyl (C=O) groups is 1. The number of carbonyl (C=O) groups excluding carboxylic acids is 1. The number of piperidine rings is 1. The van der Waals surface area contributed by atoms with E-state index in [-0.39, 0.29) is 18.1 Å². The first-order valence-electron chi connectivity index (χ1n) is 15.8. The van der Waals surface area contributed by atoms with Crippen LogP contribution in [0.25, 0.3) is 0 Å². The molecular formula is C35H46N4O3S. The molecule has 1 aliphatic carbocycles. The topological polar surface area (TPSA) is 73.0 Å². The van der Waals surface area contributed by atoms with Crippen molar-refractivity contribution >= 4 is 16.1 Å². The number of benzene rings is 3. The van der Waals surface area contributed by atoms with Crippen LogP contribution in [-0.2, 0) is 16.6 Å². The number of nitrogens with zero attached hydrogens (tertiary/aromatic N) is 3. The van der Waals surface area contributed by atoms with Crippen molar-refractivity contribution in [3.63, 3.8) is 0 Å². The van der Waals surface area contributed by atoms with Crippen molar-refractivity contribution in [1.29, 1.82) is 0 Å². The minimum Gasteiger partial charge on any atom is -0.334 e. The predicted molar refractivity (Wildman–Crippen MR) is 172 cm³/mol. The number of sulfonamides is 1. The van der Waals surface area contributed by atoms with Gasteiger partial charge in [-0.25, -0.2) is 13.2 Å². The van der Waals surface area contributed by atoms with E-state index in [0.29, 0.717) is 23.3 Å². The molecule has 8 heteroatoms. The minimum absolute atomic E-state index is 0.0228. The Morgan fingerprint density at radius 1 is 0.860 bits per heavy atom. The molecule has 7 nitrogen and oxygen atoms in total. The Morgan fingerprint density at radius 3 is 2.09 bits per heavy atom. The van der Waals surface area contributed by atoms with E-state index in [9.17, 15) is 13.2 Å². The maximum absolute atomic E-state index is 13.5. The summed E-state index contributed by atoms with van der Waals surface area (Å²) in [6.07, 6.45) is 4.49. The molecule has 2 amide bonds. The maximum Gasteiger partial charge on any atom is 0.317 e. The maximum atomic E-state index is 13.5. The normalized spacial score (nSPS) is 21.6. The van der Waals surface area contributed by atoms with Gasteiger partial charge in [-0.3, -0.25) is 0 Å². The largest absolute Gasteiger partial charge is 0.334 e. The third kappa shape index (κ3) is 7.66. The number of rotatable bonds is 11. The van der Waals surface area contributed by atoms with Crippen LogP contribution in [0.3, 0.4) is 0 Å². The Labute approximate surface area is 257 Å². The standard InChI is InChI=1S/C35H46N4O3S/c1-3-21-39(35(40)36-26-28-13-7-4-8-14-28)31-19-22-38(23-20-31)27-30-24-32(25-34(30)29-15-9-5-10-16-29)37(2)43(41,42)33-17-11-6-12-18-33/h4-18,30-32,34H,3,19-27H2,1-2H3,(H,36,40). The van der Waals surface area contributed by atoms with E-state index in [0.717, 1.165) is 63.8 Å². The molecule has 3 aromatic carbocycles. The molecular weight excluding hydrogens is 556 g/mol. The zero-order valence-electron chi connectivity index (χ0n) is 25.5. The van der Waals surface area contributed by atoms with Crippen LogP contribution in [0.5, 0.6) is 0 Å². The number of hydrogen-bond acceptors (Lipinski definition) is 4. The van der Waals surface area contributed by atoms with Crippen LogP contribution >= 0.6 is 0 Å². The lowest BCUT2D eigenvalue weighted by Crippen LogP contribution is -2.51. The second kappa shape index (κ2) is 14.5. The molecule has 43 heavy (non-hydrogen) atoms. The SMILES string of the molecule is CCCN(C(=O)NCc1ccccc1)C1CCN(CC2CC(N(C)S(=O)(=O)c3ccccc3)CC2c2ccccc2)CC1. The summed E-state index contributed by atoms with van der Waals surface area (Å²) in [5, 5.41) is 3.13. The van der Waals surface area contributed by atoms with Gasteiger partial charge in [0.25, 0.3) is 0 Å². The van der Waals surface area contributed by atoms with E-state index in [1.54, 1.807) is 35.6 Å². The lowest BCUT2D eigenvalue weighted by Gasteiger charge is -2.39. The summed E-state index contributed by atoms with van der Waals surface area (Å²) in [5.74, 6) is 0.663. The monoisotopic (exact) mass is 602 g/mol. The van der Waals surface area contributed by atoms with Gasteiger partial charge in [-0.2, -0.15) is 4.31 Å². The van der Waals surface area contributed by atoms with E-state index in [4.69, 9.17) is 0 Å². The van der Waals surface area contributed by atoms with Crippen LogP contribution in [0.4, 0.5) is 4.79 Å². The average molecular weight is 603 g/mol. The number of nitrogens with one attached hydrogen (secondary N) is 1. The van der Waals surface area contributed by atoms with Gasteiger partial charge in [0, 0.05) is 51.9 Å². The number of urea groups is 1. The van der Waals surface area contributed by atoms with Gasteiger partial charge in [-0.15, -0.1) is 0 Å². The third-order valence-corrected chi connectivity index (χ3v) is 11.3. The third-order valence-electron chi connectivity index (χ3n) is 9.33. The van der Waals surface area contributed by atoms with E-state index in [2.05, 4.69) is 41.4 Å². The molecule has 2 fully saturated rings. The predicted octanol–water partition coefficient (Wildman–Crippen LogP) is 5.96. The van der Waals surface area contributed by atoms with Crippen molar-refractivity contribution in [2.45, 2.75) is 68.5 Å². The van der Waals surface area contributed by atoms with Crippen molar-refractivity contribution in [2.75, 3.05) is 33.2 Å². The fourth-order valence-electron chi connectivity index (χ4n) is 6.97. The summed E-state index contributed by atoms with van der Waals surface area (Å²) >= 11 is 0. The van der Waals surface area contributed by atoms with Crippen molar-refractivity contribution < 1.29 is 13.2 Å². The van der Waals surface area contributed by atoms with Crippen LogP contribution in [0, 0.1) is 5.92 Å². The summed E-state index contributed by atoms with van der Waals surface area (Å²) in [5.41, 5.74) is 2.40. The van der Waals surface area contributed by atoms with Gasteiger partial charge >= 0.3 is 6.03 Å². The summed E-state index contributed by atoms with van der Waals surface area (Å²) < 4.78 is 28.6. The molecule has 0 spiro atoms. The summed E-state index contributed by atoms with van der Waals surface area (Å²) in [6.45, 7) is 6.25. The Morgan fingerprint density at radius 2 is 1.47 bits per heavy atom. The van der Waals surface area contributed by atoms with Gasteiger partial charge in [-0.1, -0.05) is 85.8 Å². The Kier molecular flexibility index (Phi) is 10.5. The molecule has 2 aliphatic rings. The van der Waals surface area contributed by atoms with Crippen molar-refractivity contribution in [3.8, 4) is 0 Å². The first-order valence-corrected chi connectivity index (χ1v) is 17.2. The Hall–Kier alpha value is -3.20. The first kappa shape index (κ1) is 31.2. The lowest BCUT2D eigenvalue weighted by molar-refractivity contribution is 0.109. The fraction of sp³-hybridized carbons (Fsp3) is 0.457. The molecule has 0 radical (unpaired) electrons. The molecule has 5 rings (SSSR count). The summed E-state index contributed by atoms with van der Waals surface area (Å²) in [7, 11) is -1.82. The molecule has 1 saturated heterocycles. The number of hydrogen-bond donors (Lipinski definition) is 1. The fourth-order valence-corrected chi connectivity index (χ4v) is 8.37. The zero-order chi connectivity index (χ0) is 30.2. The van der Waals surface area contributed by atoms with Crippen molar-refractivity contribution in [1.82, 2.24) is 19.4 Å². The molecule has 1 heterocycles. The van der Waals surface area contributed by atoms with Gasteiger partial charge < -0.3 is 15.1 Å². The van der Waals surface area contributed by atoms with Crippen LogP contribution in [0.2, 0.25) is 0 Å². The first-order chi connectivity index (χ1) is 20.9. The van der Waals surface area contributed by atoms with Crippen LogP contribution in [-0.4, -0.2) is 73.9 Å². The number of amides is 2. The Balaban J connectivity index is 1.22. The molecule has 0 aromatic heterocycles. The second-order valence-corrected chi connectivity index (χ2v) is 14.1. The zero-order valence-corrected chi connectivity index (χ0v) is 26.3.